The van der Waals surface area contributed by atoms with Gasteiger partial charge in [-0.2, -0.15) is 5.10 Å². The zero-order chi connectivity index (χ0) is 14.4. The SMILES string of the molecule is C/C(=N/NC(=O)[C@@H](C)Sc1ccccc1)c1cccs1. The van der Waals surface area contributed by atoms with Crippen molar-refractivity contribution >= 4 is 34.7 Å². The van der Waals surface area contributed by atoms with Crippen LogP contribution >= 0.6 is 23.1 Å². The molecule has 2 rings (SSSR count). The lowest BCUT2D eigenvalue weighted by Crippen LogP contribution is -2.27. The normalized spacial score (nSPS) is 13.0. The molecule has 3 nitrogen and oxygen atoms in total. The van der Waals surface area contributed by atoms with Crippen molar-refractivity contribution in [3.05, 3.63) is 52.7 Å². The van der Waals surface area contributed by atoms with Crippen molar-refractivity contribution in [1.29, 1.82) is 0 Å². The second-order valence-corrected chi connectivity index (χ2v) is 6.59. The number of carbonyl (C=O) groups is 1. The molecule has 1 heterocycles. The first-order chi connectivity index (χ1) is 9.66. The molecule has 1 aromatic carbocycles. The molecule has 0 aliphatic rings. The van der Waals surface area contributed by atoms with Gasteiger partial charge >= 0.3 is 0 Å². The van der Waals surface area contributed by atoms with Gasteiger partial charge in [0, 0.05) is 9.77 Å². The molecule has 20 heavy (non-hydrogen) atoms. The van der Waals surface area contributed by atoms with Gasteiger partial charge in [-0.25, -0.2) is 5.43 Å². The number of carbonyl (C=O) groups excluding carboxylic acids is 1. The van der Waals surface area contributed by atoms with Crippen LogP contribution in [0.3, 0.4) is 0 Å². The molecule has 0 unspecified atom stereocenters. The Kier molecular flexibility index (Phi) is 5.38. The van der Waals surface area contributed by atoms with Crippen LogP contribution in [-0.4, -0.2) is 16.9 Å². The minimum absolute atomic E-state index is 0.0882. The Balaban J connectivity index is 1.90. The van der Waals surface area contributed by atoms with Crippen LogP contribution in [0.4, 0.5) is 0 Å². The van der Waals surface area contributed by atoms with E-state index >= 15 is 0 Å². The number of nitrogens with zero attached hydrogens (tertiary/aromatic N) is 1. The Bertz CT molecular complexity index is 579. The fourth-order valence-corrected chi connectivity index (χ4v) is 3.09. The summed E-state index contributed by atoms with van der Waals surface area (Å²) in [5, 5.41) is 5.95. The van der Waals surface area contributed by atoms with Gasteiger partial charge in [0.2, 0.25) is 0 Å². The van der Waals surface area contributed by atoms with Crippen molar-refractivity contribution in [3.8, 4) is 0 Å². The van der Waals surface area contributed by atoms with Gasteiger partial charge in [-0.1, -0.05) is 24.3 Å². The second-order valence-electron chi connectivity index (χ2n) is 4.22. The molecule has 1 amide bonds. The number of hydrazone groups is 1. The maximum atomic E-state index is 12.0. The van der Waals surface area contributed by atoms with Crippen LogP contribution in [0.15, 0.2) is 57.8 Å². The number of nitrogens with one attached hydrogen (secondary N) is 1. The quantitative estimate of drug-likeness (QED) is 0.519. The van der Waals surface area contributed by atoms with Gasteiger partial charge in [-0.05, 0) is 37.4 Å². The van der Waals surface area contributed by atoms with E-state index in [1.807, 2.05) is 61.7 Å². The smallest absolute Gasteiger partial charge is 0.253 e. The highest BCUT2D eigenvalue weighted by atomic mass is 32.2. The van der Waals surface area contributed by atoms with Gasteiger partial charge < -0.3 is 0 Å². The van der Waals surface area contributed by atoms with E-state index < -0.39 is 0 Å². The number of hydrogen-bond donors (Lipinski definition) is 1. The van der Waals surface area contributed by atoms with Crippen LogP contribution < -0.4 is 5.43 Å². The average Bonchev–Trinajstić information content (AvgIpc) is 2.99. The first-order valence-corrected chi connectivity index (χ1v) is 8.02. The van der Waals surface area contributed by atoms with E-state index in [2.05, 4.69) is 10.5 Å². The monoisotopic (exact) mass is 304 g/mol. The fraction of sp³-hybridized carbons (Fsp3) is 0.200. The van der Waals surface area contributed by atoms with Crippen molar-refractivity contribution in [2.75, 3.05) is 0 Å². The summed E-state index contributed by atoms with van der Waals surface area (Å²) in [5.41, 5.74) is 3.45. The zero-order valence-corrected chi connectivity index (χ0v) is 13.0. The van der Waals surface area contributed by atoms with Gasteiger partial charge in [0.15, 0.2) is 0 Å². The van der Waals surface area contributed by atoms with Crippen molar-refractivity contribution in [2.45, 2.75) is 24.0 Å². The molecule has 0 aliphatic carbocycles. The van der Waals surface area contributed by atoms with E-state index in [9.17, 15) is 4.79 Å². The third-order valence-electron chi connectivity index (χ3n) is 2.64. The minimum atomic E-state index is -0.183. The van der Waals surface area contributed by atoms with E-state index in [1.165, 1.54) is 11.8 Å². The molecule has 0 aliphatic heterocycles. The summed E-state index contributed by atoms with van der Waals surface area (Å²) < 4.78 is 0. The number of hydrogen-bond acceptors (Lipinski definition) is 4. The Morgan fingerprint density at radius 1 is 1.25 bits per heavy atom. The Morgan fingerprint density at radius 2 is 2.00 bits per heavy atom. The lowest BCUT2D eigenvalue weighted by molar-refractivity contribution is -0.120. The molecule has 0 fully saturated rings. The third-order valence-corrected chi connectivity index (χ3v) is 4.73. The summed E-state index contributed by atoms with van der Waals surface area (Å²) in [7, 11) is 0. The van der Waals surface area contributed by atoms with Gasteiger partial charge in [0.25, 0.3) is 5.91 Å². The Hall–Kier alpha value is -1.59. The topological polar surface area (TPSA) is 41.5 Å². The molecule has 0 bridgehead atoms. The van der Waals surface area contributed by atoms with Gasteiger partial charge in [-0.15, -0.1) is 23.1 Å². The summed E-state index contributed by atoms with van der Waals surface area (Å²) in [4.78, 5) is 14.1. The molecule has 1 atom stereocenters. The minimum Gasteiger partial charge on any atom is -0.272 e. The van der Waals surface area contributed by atoms with E-state index in [4.69, 9.17) is 0 Å². The van der Waals surface area contributed by atoms with E-state index in [0.717, 1.165) is 15.5 Å². The molecular weight excluding hydrogens is 288 g/mol. The molecular formula is C15H16N2OS2. The lowest BCUT2D eigenvalue weighted by Gasteiger charge is -2.09. The summed E-state index contributed by atoms with van der Waals surface area (Å²) in [6.45, 7) is 3.77. The molecule has 1 aromatic heterocycles. The van der Waals surface area contributed by atoms with Crippen molar-refractivity contribution in [1.82, 2.24) is 5.43 Å². The highest BCUT2D eigenvalue weighted by molar-refractivity contribution is 8.00. The Morgan fingerprint density at radius 3 is 2.65 bits per heavy atom. The molecule has 2 aromatic rings. The molecule has 5 heteroatoms. The van der Waals surface area contributed by atoms with Crippen molar-refractivity contribution in [2.24, 2.45) is 5.10 Å². The van der Waals surface area contributed by atoms with Crippen LogP contribution in [-0.2, 0) is 4.79 Å². The van der Waals surface area contributed by atoms with Crippen LogP contribution in [0.25, 0.3) is 0 Å². The lowest BCUT2D eigenvalue weighted by atomic mass is 10.3. The molecule has 0 saturated heterocycles. The largest absolute Gasteiger partial charge is 0.272 e. The van der Waals surface area contributed by atoms with E-state index in [1.54, 1.807) is 11.3 Å². The summed E-state index contributed by atoms with van der Waals surface area (Å²) in [5.74, 6) is -0.0882. The van der Waals surface area contributed by atoms with Crippen LogP contribution in [0.5, 0.6) is 0 Å². The predicted molar refractivity (Wildman–Crippen MR) is 86.4 cm³/mol. The highest BCUT2D eigenvalue weighted by Crippen LogP contribution is 2.22. The number of amides is 1. The molecule has 0 spiro atoms. The zero-order valence-electron chi connectivity index (χ0n) is 11.4. The third kappa shape index (κ3) is 4.21. The molecule has 104 valence electrons. The van der Waals surface area contributed by atoms with Gasteiger partial charge in [-0.3, -0.25) is 4.79 Å². The number of thioether (sulfide) groups is 1. The van der Waals surface area contributed by atoms with E-state index in [0.29, 0.717) is 0 Å². The summed E-state index contributed by atoms with van der Waals surface area (Å²) in [6.07, 6.45) is 0. The van der Waals surface area contributed by atoms with Crippen molar-refractivity contribution in [3.63, 3.8) is 0 Å². The molecule has 0 saturated carbocycles. The number of thiophene rings is 1. The van der Waals surface area contributed by atoms with E-state index in [-0.39, 0.29) is 11.2 Å². The summed E-state index contributed by atoms with van der Waals surface area (Å²) >= 11 is 3.13. The number of benzene rings is 1. The van der Waals surface area contributed by atoms with Crippen LogP contribution in [0.2, 0.25) is 0 Å². The standard InChI is InChI=1S/C15H16N2OS2/c1-11(14-9-6-10-19-14)16-17-15(18)12(2)20-13-7-4-3-5-8-13/h3-10,12H,1-2H3,(H,17,18)/b16-11-/t12-/m1/s1. The second kappa shape index (κ2) is 7.26. The van der Waals surface area contributed by atoms with Gasteiger partial charge in [0.1, 0.15) is 0 Å². The van der Waals surface area contributed by atoms with Crippen LogP contribution in [0.1, 0.15) is 18.7 Å². The fourth-order valence-electron chi connectivity index (χ4n) is 1.53. The maximum Gasteiger partial charge on any atom is 0.253 e. The highest BCUT2D eigenvalue weighted by Gasteiger charge is 2.13. The Labute approximate surface area is 127 Å². The molecule has 1 N–H and O–H groups in total. The first-order valence-electron chi connectivity index (χ1n) is 6.26. The molecule has 0 radical (unpaired) electrons. The van der Waals surface area contributed by atoms with Crippen molar-refractivity contribution < 1.29 is 4.79 Å². The van der Waals surface area contributed by atoms with Gasteiger partial charge in [0.05, 0.1) is 11.0 Å². The first kappa shape index (κ1) is 14.8. The van der Waals surface area contributed by atoms with Crippen LogP contribution in [0, 0.1) is 0 Å². The maximum absolute atomic E-state index is 12.0. The number of rotatable bonds is 5. The summed E-state index contributed by atoms with van der Waals surface area (Å²) in [6, 6.07) is 13.8. The average molecular weight is 304 g/mol. The predicted octanol–water partition coefficient (Wildman–Crippen LogP) is 3.77.